The SMILES string of the molecule is CON(C)CCC(=O)N(c1cscn1)[C@](C)(Cc1ccccc1)C(N)=O. The highest BCUT2D eigenvalue weighted by molar-refractivity contribution is 7.07. The van der Waals surface area contributed by atoms with Crippen LogP contribution in [0.4, 0.5) is 5.82 Å². The number of hydrogen-bond acceptors (Lipinski definition) is 6. The largest absolute Gasteiger partial charge is 0.368 e. The van der Waals surface area contributed by atoms with Crippen molar-refractivity contribution < 1.29 is 14.4 Å². The zero-order valence-electron chi connectivity index (χ0n) is 15.2. The van der Waals surface area contributed by atoms with Gasteiger partial charge in [-0.3, -0.25) is 14.5 Å². The monoisotopic (exact) mass is 376 g/mol. The number of benzene rings is 1. The molecule has 0 saturated heterocycles. The van der Waals surface area contributed by atoms with Crippen LogP contribution in [0.15, 0.2) is 41.2 Å². The molecule has 2 rings (SSSR count). The summed E-state index contributed by atoms with van der Waals surface area (Å²) < 4.78 is 0. The second kappa shape index (κ2) is 8.88. The Bertz CT molecular complexity index is 723. The summed E-state index contributed by atoms with van der Waals surface area (Å²) >= 11 is 1.36. The number of rotatable bonds is 9. The molecule has 8 heteroatoms. The van der Waals surface area contributed by atoms with E-state index in [0.29, 0.717) is 18.8 Å². The molecule has 0 aliphatic carbocycles. The molecular weight excluding hydrogens is 352 g/mol. The van der Waals surface area contributed by atoms with Crippen molar-refractivity contribution in [3.63, 3.8) is 0 Å². The van der Waals surface area contributed by atoms with Gasteiger partial charge in [0.1, 0.15) is 11.4 Å². The maximum atomic E-state index is 13.0. The van der Waals surface area contributed by atoms with E-state index in [9.17, 15) is 9.59 Å². The number of nitrogens with two attached hydrogens (primary N) is 1. The molecule has 140 valence electrons. The van der Waals surface area contributed by atoms with Gasteiger partial charge in [-0.15, -0.1) is 11.3 Å². The number of nitrogens with zero attached hydrogens (tertiary/aromatic N) is 3. The number of anilines is 1. The molecule has 0 radical (unpaired) electrons. The predicted octanol–water partition coefficient (Wildman–Crippen LogP) is 1.85. The Morgan fingerprint density at radius 1 is 1.31 bits per heavy atom. The average Bonchev–Trinajstić information content (AvgIpc) is 3.14. The number of hydroxylamine groups is 2. The molecule has 1 aromatic heterocycles. The van der Waals surface area contributed by atoms with Gasteiger partial charge >= 0.3 is 0 Å². The topological polar surface area (TPSA) is 88.8 Å². The third-order valence-electron chi connectivity index (χ3n) is 4.27. The van der Waals surface area contributed by atoms with Gasteiger partial charge in [-0.05, 0) is 12.5 Å². The number of hydrogen-bond donors (Lipinski definition) is 1. The smallest absolute Gasteiger partial charge is 0.243 e. The van der Waals surface area contributed by atoms with Gasteiger partial charge < -0.3 is 10.6 Å². The summed E-state index contributed by atoms with van der Waals surface area (Å²) in [7, 11) is 3.27. The molecule has 0 fully saturated rings. The van der Waals surface area contributed by atoms with Gasteiger partial charge in [0.05, 0.1) is 12.6 Å². The van der Waals surface area contributed by atoms with Crippen molar-refractivity contribution >= 4 is 29.0 Å². The first kappa shape index (κ1) is 20.0. The van der Waals surface area contributed by atoms with E-state index < -0.39 is 11.4 Å². The van der Waals surface area contributed by atoms with Gasteiger partial charge in [-0.1, -0.05) is 30.3 Å². The molecule has 2 aromatic rings. The fraction of sp³-hybridized carbons (Fsp3) is 0.389. The first-order valence-corrected chi connectivity index (χ1v) is 9.13. The van der Waals surface area contributed by atoms with Gasteiger partial charge in [0.2, 0.25) is 11.8 Å². The Morgan fingerprint density at radius 2 is 2.00 bits per heavy atom. The first-order valence-electron chi connectivity index (χ1n) is 8.19. The zero-order valence-corrected chi connectivity index (χ0v) is 16.0. The van der Waals surface area contributed by atoms with Crippen LogP contribution >= 0.6 is 11.3 Å². The summed E-state index contributed by atoms with van der Waals surface area (Å²) in [6, 6.07) is 9.49. The zero-order chi connectivity index (χ0) is 19.2. The second-order valence-electron chi connectivity index (χ2n) is 6.16. The molecule has 1 atom stereocenters. The van der Waals surface area contributed by atoms with Crippen LogP contribution in [0.3, 0.4) is 0 Å². The first-order chi connectivity index (χ1) is 12.4. The van der Waals surface area contributed by atoms with Crippen molar-refractivity contribution in [3.8, 4) is 0 Å². The molecule has 26 heavy (non-hydrogen) atoms. The Balaban J connectivity index is 2.36. The summed E-state index contributed by atoms with van der Waals surface area (Å²) in [5, 5.41) is 3.29. The van der Waals surface area contributed by atoms with E-state index in [0.717, 1.165) is 5.56 Å². The lowest BCUT2D eigenvalue weighted by molar-refractivity contribution is -0.132. The van der Waals surface area contributed by atoms with Crippen LogP contribution in [0.25, 0.3) is 0 Å². The van der Waals surface area contributed by atoms with E-state index >= 15 is 0 Å². The molecule has 0 bridgehead atoms. The number of primary amides is 1. The van der Waals surface area contributed by atoms with Crippen LogP contribution in [0.2, 0.25) is 0 Å². The predicted molar refractivity (Wildman–Crippen MR) is 102 cm³/mol. The van der Waals surface area contributed by atoms with Crippen LogP contribution in [0.1, 0.15) is 18.9 Å². The molecule has 2 N–H and O–H groups in total. The van der Waals surface area contributed by atoms with Gasteiger partial charge in [0, 0.05) is 31.8 Å². The minimum absolute atomic E-state index is 0.166. The molecule has 0 aliphatic heterocycles. The minimum Gasteiger partial charge on any atom is -0.368 e. The Morgan fingerprint density at radius 3 is 2.54 bits per heavy atom. The number of carbonyl (C=O) groups is 2. The summed E-state index contributed by atoms with van der Waals surface area (Å²) in [5.41, 5.74) is 7.05. The molecule has 0 unspecified atom stereocenters. The number of amides is 2. The van der Waals surface area contributed by atoms with E-state index in [2.05, 4.69) is 4.98 Å². The third-order valence-corrected chi connectivity index (χ3v) is 4.84. The summed E-state index contributed by atoms with van der Waals surface area (Å²) in [4.78, 5) is 36.2. The normalized spacial score (nSPS) is 13.4. The molecule has 0 aliphatic rings. The van der Waals surface area contributed by atoms with Crippen molar-refractivity contribution in [1.29, 1.82) is 0 Å². The summed E-state index contributed by atoms with van der Waals surface area (Å²) in [6.45, 7) is 2.07. The van der Waals surface area contributed by atoms with E-state index in [-0.39, 0.29) is 12.3 Å². The molecule has 0 saturated carbocycles. The average molecular weight is 376 g/mol. The number of aromatic nitrogens is 1. The lowest BCUT2D eigenvalue weighted by atomic mass is 9.89. The highest BCUT2D eigenvalue weighted by atomic mass is 32.1. The van der Waals surface area contributed by atoms with E-state index in [4.69, 9.17) is 10.6 Å². The van der Waals surface area contributed by atoms with Crippen molar-refractivity contribution in [1.82, 2.24) is 10.0 Å². The lowest BCUT2D eigenvalue weighted by Gasteiger charge is -2.38. The van der Waals surface area contributed by atoms with Gasteiger partial charge in [0.25, 0.3) is 0 Å². The van der Waals surface area contributed by atoms with Crippen molar-refractivity contribution in [3.05, 3.63) is 46.8 Å². The molecule has 2 amide bonds. The van der Waals surface area contributed by atoms with Crippen LogP contribution in [0, 0.1) is 0 Å². The second-order valence-corrected chi connectivity index (χ2v) is 6.88. The van der Waals surface area contributed by atoms with Gasteiger partial charge in [0.15, 0.2) is 0 Å². The molecular formula is C18H24N4O3S. The fourth-order valence-electron chi connectivity index (χ4n) is 2.70. The van der Waals surface area contributed by atoms with Crippen LogP contribution < -0.4 is 10.6 Å². The quantitative estimate of drug-likeness (QED) is 0.675. The number of carbonyl (C=O) groups excluding carboxylic acids is 2. The van der Waals surface area contributed by atoms with Gasteiger partial charge in [-0.2, -0.15) is 5.06 Å². The maximum absolute atomic E-state index is 13.0. The molecule has 0 spiro atoms. The van der Waals surface area contributed by atoms with Crippen LogP contribution in [-0.2, 0) is 20.8 Å². The standard InChI is InChI=1S/C18H24N4O3S/c1-18(17(19)24,11-14-7-5-4-6-8-14)22(15-12-26-13-20-15)16(23)9-10-21(2)25-3/h4-8,12-13H,9-11H2,1-3H3,(H2,19,24)/t18-/m1/s1. The van der Waals surface area contributed by atoms with Crippen LogP contribution in [0.5, 0.6) is 0 Å². The third kappa shape index (κ3) is 4.66. The molecule has 1 aromatic carbocycles. The van der Waals surface area contributed by atoms with Crippen molar-refractivity contribution in [2.24, 2.45) is 5.73 Å². The van der Waals surface area contributed by atoms with Crippen LogP contribution in [-0.4, -0.2) is 48.1 Å². The van der Waals surface area contributed by atoms with E-state index in [1.807, 2.05) is 30.3 Å². The minimum atomic E-state index is -1.24. The summed E-state index contributed by atoms with van der Waals surface area (Å²) in [6.07, 6.45) is 0.464. The highest BCUT2D eigenvalue weighted by Gasteiger charge is 2.42. The summed E-state index contributed by atoms with van der Waals surface area (Å²) in [5.74, 6) is -0.392. The Hall–Kier alpha value is -2.29. The maximum Gasteiger partial charge on any atom is 0.243 e. The van der Waals surface area contributed by atoms with Crippen molar-refractivity contribution in [2.45, 2.75) is 25.3 Å². The van der Waals surface area contributed by atoms with E-state index in [1.54, 1.807) is 29.9 Å². The highest BCUT2D eigenvalue weighted by Crippen LogP contribution is 2.28. The molecule has 1 heterocycles. The van der Waals surface area contributed by atoms with E-state index in [1.165, 1.54) is 23.3 Å². The molecule has 7 nitrogen and oxygen atoms in total. The number of thiazole rings is 1. The van der Waals surface area contributed by atoms with Gasteiger partial charge in [-0.25, -0.2) is 4.98 Å². The fourth-order valence-corrected chi connectivity index (χ4v) is 3.22. The lowest BCUT2D eigenvalue weighted by Crippen LogP contribution is -2.60. The Labute approximate surface area is 157 Å². The Kier molecular flexibility index (Phi) is 6.84. The van der Waals surface area contributed by atoms with Crippen molar-refractivity contribution in [2.75, 3.05) is 25.6 Å².